The highest BCUT2D eigenvalue weighted by atomic mass is 79.9. The fourth-order valence-corrected chi connectivity index (χ4v) is 4.86. The van der Waals surface area contributed by atoms with Gasteiger partial charge in [0.15, 0.2) is 0 Å². The van der Waals surface area contributed by atoms with Gasteiger partial charge in [0.2, 0.25) is 11.8 Å². The van der Waals surface area contributed by atoms with Gasteiger partial charge in [-0.3, -0.25) is 14.5 Å². The number of hydrogen-bond acceptors (Lipinski definition) is 6. The maximum absolute atomic E-state index is 11.9. The molecule has 33 heavy (non-hydrogen) atoms. The summed E-state index contributed by atoms with van der Waals surface area (Å²) in [5, 5.41) is 16.3. The van der Waals surface area contributed by atoms with E-state index in [1.807, 2.05) is 24.3 Å². The van der Waals surface area contributed by atoms with Crippen LogP contribution >= 0.6 is 15.9 Å². The van der Waals surface area contributed by atoms with Crippen molar-refractivity contribution in [3.8, 4) is 5.75 Å². The Balaban J connectivity index is 1.31. The lowest BCUT2D eigenvalue weighted by molar-refractivity contribution is -0.116. The molecule has 176 valence electrons. The minimum Gasteiger partial charge on any atom is -0.493 e. The van der Waals surface area contributed by atoms with Crippen molar-refractivity contribution in [1.29, 1.82) is 0 Å². The van der Waals surface area contributed by atoms with Gasteiger partial charge in [-0.05, 0) is 53.0 Å². The number of aliphatic hydroxyl groups excluding tert-OH is 1. The number of hydrogen-bond donors (Lipinski definition) is 3. The highest BCUT2D eigenvalue weighted by Crippen LogP contribution is 2.37. The number of halogens is 1. The molecule has 4 rings (SSSR count). The number of rotatable bonds is 7. The molecule has 2 aromatic carbocycles. The second-order valence-electron chi connectivity index (χ2n) is 8.31. The number of piperazine rings is 1. The minimum atomic E-state index is -0.536. The molecule has 0 aromatic heterocycles. The molecule has 2 heterocycles. The van der Waals surface area contributed by atoms with Gasteiger partial charge in [-0.25, -0.2) is 0 Å². The zero-order valence-corrected chi connectivity index (χ0v) is 20.2. The summed E-state index contributed by atoms with van der Waals surface area (Å²) in [6, 6.07) is 11.7. The van der Waals surface area contributed by atoms with Crippen molar-refractivity contribution in [1.82, 2.24) is 4.90 Å². The van der Waals surface area contributed by atoms with E-state index in [0.29, 0.717) is 37.4 Å². The number of β-amino-alcohol motifs (C(OH)–C–C–N with tert-alkyl or cyclic N) is 1. The van der Waals surface area contributed by atoms with E-state index in [4.69, 9.17) is 4.74 Å². The van der Waals surface area contributed by atoms with Crippen molar-refractivity contribution in [2.45, 2.75) is 32.4 Å². The molecular formula is C24H29BrN4O4. The molecule has 0 saturated carbocycles. The Labute approximate surface area is 202 Å². The van der Waals surface area contributed by atoms with Crippen LogP contribution in [0.25, 0.3) is 0 Å². The molecule has 0 aliphatic carbocycles. The monoisotopic (exact) mass is 516 g/mol. The summed E-state index contributed by atoms with van der Waals surface area (Å²) in [6.45, 7) is 4.84. The SMILES string of the molecule is CC(=O)Nc1ccc(OCCCN2CCN(c3ccccc3Br)CC2O)c2c1NC(=O)CC2. The first-order valence-corrected chi connectivity index (χ1v) is 12.0. The third-order valence-electron chi connectivity index (χ3n) is 5.95. The number of benzene rings is 2. The molecule has 1 saturated heterocycles. The molecule has 0 bridgehead atoms. The summed E-state index contributed by atoms with van der Waals surface area (Å²) < 4.78 is 7.07. The van der Waals surface area contributed by atoms with Crippen molar-refractivity contribution >= 4 is 44.8 Å². The van der Waals surface area contributed by atoms with Crippen molar-refractivity contribution < 1.29 is 19.4 Å². The molecule has 2 aliphatic rings. The number of nitrogens with one attached hydrogen (secondary N) is 2. The average molecular weight is 517 g/mol. The van der Waals surface area contributed by atoms with Gasteiger partial charge in [-0.15, -0.1) is 0 Å². The first-order valence-electron chi connectivity index (χ1n) is 11.2. The normalized spacial score (nSPS) is 18.5. The van der Waals surface area contributed by atoms with E-state index in [2.05, 4.69) is 42.4 Å². The Morgan fingerprint density at radius 1 is 1.24 bits per heavy atom. The summed E-state index contributed by atoms with van der Waals surface area (Å²) in [4.78, 5) is 27.6. The number of amides is 2. The quantitative estimate of drug-likeness (QED) is 0.489. The molecule has 1 fully saturated rings. The van der Waals surface area contributed by atoms with Crippen LogP contribution in [0.1, 0.15) is 25.3 Å². The molecule has 2 aliphatic heterocycles. The number of fused-ring (bicyclic) bond motifs is 1. The number of carbonyl (C=O) groups excluding carboxylic acids is 2. The molecule has 0 spiro atoms. The van der Waals surface area contributed by atoms with Crippen LogP contribution in [0.5, 0.6) is 5.75 Å². The third kappa shape index (κ3) is 5.66. The molecule has 2 amide bonds. The minimum absolute atomic E-state index is 0.0677. The molecular weight excluding hydrogens is 488 g/mol. The van der Waals surface area contributed by atoms with Gasteiger partial charge in [0.05, 0.1) is 30.2 Å². The van der Waals surface area contributed by atoms with Gasteiger partial charge in [0.25, 0.3) is 0 Å². The molecule has 1 atom stereocenters. The first kappa shape index (κ1) is 23.5. The van der Waals surface area contributed by atoms with Gasteiger partial charge in [0.1, 0.15) is 12.0 Å². The zero-order valence-electron chi connectivity index (χ0n) is 18.6. The van der Waals surface area contributed by atoms with Crippen LogP contribution in [-0.4, -0.2) is 60.8 Å². The molecule has 8 nitrogen and oxygen atoms in total. The number of anilines is 3. The zero-order chi connectivity index (χ0) is 23.4. The van der Waals surface area contributed by atoms with E-state index in [-0.39, 0.29) is 11.8 Å². The second-order valence-corrected chi connectivity index (χ2v) is 9.16. The standard InChI is InChI=1S/C24H29BrN4O4/c1-16(30)26-19-8-9-21(17-7-10-22(31)27-24(17)19)33-14-4-11-28-12-13-29(15-23(28)32)20-6-3-2-5-18(20)25/h2-3,5-6,8-9,23,32H,4,7,10-15H2,1H3,(H,26,30)(H,27,31). The van der Waals surface area contributed by atoms with Crippen LogP contribution in [0.2, 0.25) is 0 Å². The highest BCUT2D eigenvalue weighted by Gasteiger charge is 2.26. The number of nitrogens with zero attached hydrogens (tertiary/aromatic N) is 2. The molecule has 9 heteroatoms. The smallest absolute Gasteiger partial charge is 0.224 e. The fourth-order valence-electron chi connectivity index (χ4n) is 4.33. The van der Waals surface area contributed by atoms with Gasteiger partial charge in [-0.2, -0.15) is 0 Å². The lowest BCUT2D eigenvalue weighted by Gasteiger charge is -2.40. The van der Waals surface area contributed by atoms with Crippen LogP contribution in [0.15, 0.2) is 40.9 Å². The van der Waals surface area contributed by atoms with E-state index in [1.54, 1.807) is 6.07 Å². The van der Waals surface area contributed by atoms with Crippen LogP contribution < -0.4 is 20.3 Å². The predicted octanol–water partition coefficient (Wildman–Crippen LogP) is 3.20. The lowest BCUT2D eigenvalue weighted by Crippen LogP contribution is -2.53. The van der Waals surface area contributed by atoms with Gasteiger partial charge in [-0.1, -0.05) is 12.1 Å². The Hall–Kier alpha value is -2.62. The Bertz CT molecular complexity index is 1030. The van der Waals surface area contributed by atoms with E-state index in [0.717, 1.165) is 47.5 Å². The molecule has 2 aromatic rings. The van der Waals surface area contributed by atoms with Gasteiger partial charge >= 0.3 is 0 Å². The van der Waals surface area contributed by atoms with Crippen molar-refractivity contribution in [2.75, 3.05) is 48.3 Å². The topological polar surface area (TPSA) is 94.1 Å². The average Bonchev–Trinajstić information content (AvgIpc) is 2.78. The van der Waals surface area contributed by atoms with Crippen LogP contribution in [0.4, 0.5) is 17.1 Å². The summed E-state index contributed by atoms with van der Waals surface area (Å²) in [5.74, 6) is 0.462. The second kappa shape index (κ2) is 10.5. The Kier molecular flexibility index (Phi) is 7.52. The first-order chi connectivity index (χ1) is 15.9. The number of ether oxygens (including phenoxy) is 1. The van der Waals surface area contributed by atoms with E-state index < -0.39 is 6.23 Å². The van der Waals surface area contributed by atoms with Crippen molar-refractivity contribution in [3.05, 3.63) is 46.4 Å². The summed E-state index contributed by atoms with van der Waals surface area (Å²) >= 11 is 3.59. The Morgan fingerprint density at radius 3 is 2.82 bits per heavy atom. The number of para-hydroxylation sites is 1. The van der Waals surface area contributed by atoms with E-state index in [9.17, 15) is 14.7 Å². The van der Waals surface area contributed by atoms with Crippen LogP contribution in [0, 0.1) is 0 Å². The number of carbonyl (C=O) groups is 2. The predicted molar refractivity (Wildman–Crippen MR) is 132 cm³/mol. The highest BCUT2D eigenvalue weighted by molar-refractivity contribution is 9.10. The molecule has 0 radical (unpaired) electrons. The maximum Gasteiger partial charge on any atom is 0.224 e. The largest absolute Gasteiger partial charge is 0.493 e. The third-order valence-corrected chi connectivity index (χ3v) is 6.62. The van der Waals surface area contributed by atoms with E-state index >= 15 is 0 Å². The summed E-state index contributed by atoms with van der Waals surface area (Å²) in [5.41, 5.74) is 3.21. The van der Waals surface area contributed by atoms with E-state index in [1.165, 1.54) is 6.92 Å². The Morgan fingerprint density at radius 2 is 2.06 bits per heavy atom. The summed E-state index contributed by atoms with van der Waals surface area (Å²) in [6.07, 6.45) is 1.19. The lowest BCUT2D eigenvalue weighted by atomic mass is 10.0. The van der Waals surface area contributed by atoms with Crippen molar-refractivity contribution in [3.63, 3.8) is 0 Å². The summed E-state index contributed by atoms with van der Waals surface area (Å²) in [7, 11) is 0. The fraction of sp³-hybridized carbons (Fsp3) is 0.417. The van der Waals surface area contributed by atoms with Gasteiger partial charge in [0, 0.05) is 43.0 Å². The van der Waals surface area contributed by atoms with Gasteiger partial charge < -0.3 is 25.4 Å². The van der Waals surface area contributed by atoms with Crippen molar-refractivity contribution in [2.24, 2.45) is 0 Å². The molecule has 3 N–H and O–H groups in total. The molecule has 1 unspecified atom stereocenters. The van der Waals surface area contributed by atoms with Crippen LogP contribution in [-0.2, 0) is 16.0 Å². The maximum atomic E-state index is 11.9. The van der Waals surface area contributed by atoms with Crippen LogP contribution in [0.3, 0.4) is 0 Å². The number of aliphatic hydroxyl groups is 1.